The molecule has 2 heterocycles. The number of carbonyl (C=O) groups excluding carboxylic acids is 1. The summed E-state index contributed by atoms with van der Waals surface area (Å²) in [5.74, 6) is 0.678. The molecule has 0 N–H and O–H groups in total. The zero-order chi connectivity index (χ0) is 16.3. The smallest absolute Gasteiger partial charge is 0.410 e. The SMILES string of the molecule is CCc1cc(OC[C@@H]2CCN2C(=O)OC(C)(C)C)cnc1Cl. The van der Waals surface area contributed by atoms with Gasteiger partial charge in [0.1, 0.15) is 23.1 Å². The van der Waals surface area contributed by atoms with E-state index in [9.17, 15) is 4.79 Å². The average Bonchev–Trinajstić information content (AvgIpc) is 2.37. The van der Waals surface area contributed by atoms with Gasteiger partial charge < -0.3 is 14.4 Å². The third-order valence-electron chi connectivity index (χ3n) is 3.48. The maximum atomic E-state index is 12.0. The van der Waals surface area contributed by atoms with Gasteiger partial charge in [0.25, 0.3) is 0 Å². The van der Waals surface area contributed by atoms with Crippen molar-refractivity contribution in [2.45, 2.75) is 52.2 Å². The molecule has 0 unspecified atom stereocenters. The van der Waals surface area contributed by atoms with Crippen LogP contribution in [-0.2, 0) is 11.2 Å². The van der Waals surface area contributed by atoms with Crippen LogP contribution in [0.3, 0.4) is 0 Å². The fourth-order valence-corrected chi connectivity index (χ4v) is 2.40. The molecule has 22 heavy (non-hydrogen) atoms. The Labute approximate surface area is 136 Å². The van der Waals surface area contributed by atoms with E-state index in [1.165, 1.54) is 0 Å². The van der Waals surface area contributed by atoms with Crippen molar-refractivity contribution in [3.63, 3.8) is 0 Å². The van der Waals surface area contributed by atoms with Crippen molar-refractivity contribution in [2.75, 3.05) is 13.2 Å². The summed E-state index contributed by atoms with van der Waals surface area (Å²) in [4.78, 5) is 17.8. The van der Waals surface area contributed by atoms with Gasteiger partial charge in [-0.15, -0.1) is 0 Å². The number of halogens is 1. The van der Waals surface area contributed by atoms with E-state index in [4.69, 9.17) is 21.1 Å². The highest BCUT2D eigenvalue weighted by molar-refractivity contribution is 6.30. The highest BCUT2D eigenvalue weighted by atomic mass is 35.5. The van der Waals surface area contributed by atoms with Crippen molar-refractivity contribution in [1.82, 2.24) is 9.88 Å². The van der Waals surface area contributed by atoms with E-state index in [0.29, 0.717) is 24.1 Å². The van der Waals surface area contributed by atoms with E-state index in [1.807, 2.05) is 33.8 Å². The third-order valence-corrected chi connectivity index (χ3v) is 3.82. The standard InChI is InChI=1S/C16H23ClN2O3/c1-5-11-8-13(9-18-14(11)17)21-10-12-6-7-19(12)15(20)22-16(2,3)4/h8-9,12H,5-7,10H2,1-4H3/t12-/m0/s1. The van der Waals surface area contributed by atoms with Gasteiger partial charge in [0, 0.05) is 6.54 Å². The van der Waals surface area contributed by atoms with E-state index >= 15 is 0 Å². The molecule has 0 bridgehead atoms. The Balaban J connectivity index is 1.88. The molecule has 1 aliphatic rings. The number of likely N-dealkylation sites (tertiary alicyclic amines) is 1. The van der Waals surface area contributed by atoms with Crippen molar-refractivity contribution < 1.29 is 14.3 Å². The lowest BCUT2D eigenvalue weighted by Crippen LogP contribution is -2.55. The first-order valence-corrected chi connectivity index (χ1v) is 7.95. The van der Waals surface area contributed by atoms with Crippen molar-refractivity contribution in [2.24, 2.45) is 0 Å². The molecule has 1 fully saturated rings. The van der Waals surface area contributed by atoms with Gasteiger partial charge in [-0.3, -0.25) is 0 Å². The number of hydrogen-bond donors (Lipinski definition) is 0. The molecule has 0 saturated carbocycles. The number of ether oxygens (including phenoxy) is 2. The Morgan fingerprint density at radius 3 is 2.77 bits per heavy atom. The minimum atomic E-state index is -0.478. The number of rotatable bonds is 4. The molecule has 122 valence electrons. The van der Waals surface area contributed by atoms with E-state index in [0.717, 1.165) is 18.4 Å². The van der Waals surface area contributed by atoms with Gasteiger partial charge in [-0.2, -0.15) is 0 Å². The predicted molar refractivity (Wildman–Crippen MR) is 85.5 cm³/mol. The molecule has 1 aliphatic heterocycles. The molecular formula is C16H23ClN2O3. The summed E-state index contributed by atoms with van der Waals surface area (Å²) >= 11 is 5.99. The van der Waals surface area contributed by atoms with Crippen LogP contribution < -0.4 is 4.74 Å². The topological polar surface area (TPSA) is 51.7 Å². The first kappa shape index (κ1) is 16.9. The maximum absolute atomic E-state index is 12.0. The molecule has 1 saturated heterocycles. The summed E-state index contributed by atoms with van der Waals surface area (Å²) in [6.07, 6.45) is 3.05. The third kappa shape index (κ3) is 4.26. The molecule has 1 aromatic heterocycles. The Bertz CT molecular complexity index is 543. The summed E-state index contributed by atoms with van der Waals surface area (Å²) in [5, 5.41) is 0.508. The highest BCUT2D eigenvalue weighted by Gasteiger charge is 2.35. The molecule has 2 rings (SSSR count). The van der Waals surface area contributed by atoms with Gasteiger partial charge >= 0.3 is 6.09 Å². The number of pyridine rings is 1. The Morgan fingerprint density at radius 2 is 2.23 bits per heavy atom. The first-order valence-electron chi connectivity index (χ1n) is 7.57. The van der Waals surface area contributed by atoms with Crippen molar-refractivity contribution in [3.8, 4) is 5.75 Å². The first-order chi connectivity index (χ1) is 10.3. The van der Waals surface area contributed by atoms with Crippen LogP contribution in [0, 0.1) is 0 Å². The van der Waals surface area contributed by atoms with Crippen molar-refractivity contribution >= 4 is 17.7 Å². The zero-order valence-corrected chi connectivity index (χ0v) is 14.3. The number of nitrogens with zero attached hydrogens (tertiary/aromatic N) is 2. The van der Waals surface area contributed by atoms with Crippen LogP contribution in [0.4, 0.5) is 4.79 Å². The van der Waals surface area contributed by atoms with Gasteiger partial charge in [-0.1, -0.05) is 18.5 Å². The lowest BCUT2D eigenvalue weighted by Gasteiger charge is -2.40. The van der Waals surface area contributed by atoms with Gasteiger partial charge in [0.05, 0.1) is 12.2 Å². The molecule has 1 aromatic rings. The summed E-state index contributed by atoms with van der Waals surface area (Å²) in [6.45, 7) is 8.75. The molecule has 1 amide bonds. The second kappa shape index (κ2) is 6.73. The van der Waals surface area contributed by atoms with Crippen molar-refractivity contribution in [1.29, 1.82) is 0 Å². The van der Waals surface area contributed by atoms with Crippen LogP contribution in [0.25, 0.3) is 0 Å². The van der Waals surface area contributed by atoms with Crippen LogP contribution in [0.15, 0.2) is 12.3 Å². The highest BCUT2D eigenvalue weighted by Crippen LogP contribution is 2.24. The minimum absolute atomic E-state index is 0.0515. The normalized spacial score (nSPS) is 17.9. The van der Waals surface area contributed by atoms with Gasteiger partial charge in [0.15, 0.2) is 0 Å². The molecular weight excluding hydrogens is 304 g/mol. The molecule has 0 aromatic carbocycles. The molecule has 0 spiro atoms. The summed E-state index contributed by atoms with van der Waals surface area (Å²) in [6, 6.07) is 1.95. The zero-order valence-electron chi connectivity index (χ0n) is 13.6. The Morgan fingerprint density at radius 1 is 1.50 bits per heavy atom. The number of amides is 1. The van der Waals surface area contributed by atoms with E-state index in [2.05, 4.69) is 4.98 Å². The number of aromatic nitrogens is 1. The monoisotopic (exact) mass is 326 g/mol. The van der Waals surface area contributed by atoms with Crippen LogP contribution in [0.2, 0.25) is 5.15 Å². The fraction of sp³-hybridized carbons (Fsp3) is 0.625. The van der Waals surface area contributed by atoms with E-state index < -0.39 is 5.60 Å². The van der Waals surface area contributed by atoms with Crippen LogP contribution in [0.1, 0.15) is 39.7 Å². The Kier molecular flexibility index (Phi) is 5.16. The summed E-state index contributed by atoms with van der Waals surface area (Å²) < 4.78 is 11.1. The Hall–Kier alpha value is -1.49. The maximum Gasteiger partial charge on any atom is 0.410 e. The fourth-order valence-electron chi connectivity index (χ4n) is 2.17. The minimum Gasteiger partial charge on any atom is -0.490 e. The number of aryl methyl sites for hydroxylation is 1. The van der Waals surface area contributed by atoms with Crippen LogP contribution in [0.5, 0.6) is 5.75 Å². The molecule has 0 aliphatic carbocycles. The molecule has 1 atom stereocenters. The second-order valence-corrected chi connectivity index (χ2v) is 6.76. The lowest BCUT2D eigenvalue weighted by molar-refractivity contribution is -0.0141. The number of carbonyl (C=O) groups is 1. The average molecular weight is 327 g/mol. The van der Waals surface area contributed by atoms with Gasteiger partial charge in [-0.05, 0) is 45.2 Å². The van der Waals surface area contributed by atoms with Crippen molar-refractivity contribution in [3.05, 3.63) is 23.0 Å². The molecule has 6 heteroatoms. The predicted octanol–water partition coefficient (Wildman–Crippen LogP) is 3.69. The van der Waals surface area contributed by atoms with E-state index in [-0.39, 0.29) is 12.1 Å². The van der Waals surface area contributed by atoms with Crippen LogP contribution >= 0.6 is 11.6 Å². The second-order valence-electron chi connectivity index (χ2n) is 6.40. The number of hydrogen-bond acceptors (Lipinski definition) is 4. The lowest BCUT2D eigenvalue weighted by atomic mass is 10.1. The van der Waals surface area contributed by atoms with Gasteiger partial charge in [-0.25, -0.2) is 9.78 Å². The summed E-state index contributed by atoms with van der Waals surface area (Å²) in [7, 11) is 0. The molecule has 0 radical (unpaired) electrons. The summed E-state index contributed by atoms with van der Waals surface area (Å²) in [5.41, 5.74) is 0.477. The largest absolute Gasteiger partial charge is 0.490 e. The quantitative estimate of drug-likeness (QED) is 0.792. The molecule has 5 nitrogen and oxygen atoms in total. The van der Waals surface area contributed by atoms with Gasteiger partial charge in [0.2, 0.25) is 0 Å². The van der Waals surface area contributed by atoms with Crippen LogP contribution in [-0.4, -0.2) is 40.8 Å². The van der Waals surface area contributed by atoms with E-state index in [1.54, 1.807) is 11.1 Å².